The molecule has 0 radical (unpaired) electrons. The topological polar surface area (TPSA) is 0 Å². The highest BCUT2D eigenvalue weighted by Gasteiger charge is 2.27. The molecular weight excluding hydrogens is 131 g/mol. The molecule has 0 spiro atoms. The second-order valence-electron chi connectivity index (χ2n) is 5.32. The second-order valence-corrected chi connectivity index (χ2v) is 5.32. The molecule has 0 unspecified atom stereocenters. The second kappa shape index (κ2) is 3.20. The molecule has 1 heteroatoms. The van der Waals surface area contributed by atoms with E-state index in [1.807, 2.05) is 0 Å². The Bertz CT molecular complexity index is 115. The predicted molar refractivity (Wildman–Crippen MR) is 53.7 cm³/mol. The van der Waals surface area contributed by atoms with E-state index in [0.717, 1.165) is 11.8 Å². The molecule has 0 aromatic heterocycles. The van der Waals surface area contributed by atoms with Gasteiger partial charge in [-0.15, -0.1) is 0 Å². The fraction of sp³-hybridized carbons (Fsp3) is 1.00. The quantitative estimate of drug-likeness (QED) is 0.506. The first kappa shape index (κ1) is 9.16. The number of rotatable bonds is 1. The van der Waals surface area contributed by atoms with Crippen LogP contribution in [0.25, 0.3) is 0 Å². The first-order valence-corrected chi connectivity index (χ1v) is 5.00. The maximum atomic E-state index is 2.39. The third kappa shape index (κ3) is 2.54. The van der Waals surface area contributed by atoms with E-state index in [4.69, 9.17) is 0 Å². The van der Waals surface area contributed by atoms with Gasteiger partial charge in [0.15, 0.2) is 0 Å². The Morgan fingerprint density at radius 1 is 1.09 bits per heavy atom. The van der Waals surface area contributed by atoms with Crippen molar-refractivity contribution in [3.63, 3.8) is 0 Å². The number of hydrogen-bond donors (Lipinski definition) is 0. The molecule has 0 saturated heterocycles. The highest BCUT2D eigenvalue weighted by molar-refractivity contribution is 6.14. The zero-order valence-corrected chi connectivity index (χ0v) is 8.48. The Morgan fingerprint density at radius 3 is 1.91 bits per heavy atom. The third-order valence-corrected chi connectivity index (χ3v) is 3.24. The Kier molecular flexibility index (Phi) is 2.67. The molecule has 0 heterocycles. The van der Waals surface area contributed by atoms with Crippen molar-refractivity contribution >= 4 is 7.85 Å². The molecule has 0 atom stereocenters. The summed E-state index contributed by atoms with van der Waals surface area (Å²) in [6.07, 6.45) is 5.85. The van der Waals surface area contributed by atoms with Crippen LogP contribution in [0.15, 0.2) is 0 Å². The number of hydrogen-bond acceptors (Lipinski definition) is 0. The van der Waals surface area contributed by atoms with Gasteiger partial charge in [0.2, 0.25) is 0 Å². The Labute approximate surface area is 72.2 Å². The summed E-state index contributed by atoms with van der Waals surface area (Å²) in [7, 11) is 2.38. The zero-order chi connectivity index (χ0) is 8.48. The molecule has 0 aliphatic heterocycles. The molecule has 0 amide bonds. The molecule has 0 aromatic carbocycles. The minimum atomic E-state index is 0.556. The van der Waals surface area contributed by atoms with E-state index >= 15 is 0 Å². The normalized spacial score (nSPS) is 33.7. The first-order valence-electron chi connectivity index (χ1n) is 5.00. The smallest absolute Gasteiger partial charge is 0.0669 e. The van der Waals surface area contributed by atoms with Gasteiger partial charge in [-0.25, -0.2) is 0 Å². The Hall–Kier alpha value is 0.0649. The van der Waals surface area contributed by atoms with Gasteiger partial charge >= 0.3 is 0 Å². The van der Waals surface area contributed by atoms with Crippen LogP contribution < -0.4 is 0 Å². The molecule has 64 valence electrons. The monoisotopic (exact) mass is 152 g/mol. The molecule has 1 saturated carbocycles. The van der Waals surface area contributed by atoms with E-state index in [9.17, 15) is 0 Å². The van der Waals surface area contributed by atoms with Crippen LogP contribution in [0.2, 0.25) is 5.31 Å². The van der Waals surface area contributed by atoms with Crippen molar-refractivity contribution in [2.24, 2.45) is 11.8 Å². The minimum absolute atomic E-state index is 0.556. The van der Waals surface area contributed by atoms with Crippen LogP contribution in [0.3, 0.4) is 0 Å². The molecule has 1 aliphatic carbocycles. The van der Waals surface area contributed by atoms with Crippen LogP contribution in [0.1, 0.15) is 46.5 Å². The molecule has 0 nitrogen and oxygen atoms in total. The lowest BCUT2D eigenvalue weighted by Gasteiger charge is -2.36. The molecule has 1 rings (SSSR count). The average molecular weight is 152 g/mol. The van der Waals surface area contributed by atoms with Crippen molar-refractivity contribution < 1.29 is 0 Å². The molecule has 1 aliphatic rings. The summed E-state index contributed by atoms with van der Waals surface area (Å²) in [5.41, 5.74) is 0. The SMILES string of the molecule is BC(C)(C)C1CCC(C)CC1. The van der Waals surface area contributed by atoms with Gasteiger partial charge in [0.05, 0.1) is 0 Å². The maximum Gasteiger partial charge on any atom is 0.109 e. The van der Waals surface area contributed by atoms with Gasteiger partial charge in [-0.1, -0.05) is 51.8 Å². The third-order valence-electron chi connectivity index (χ3n) is 3.24. The summed E-state index contributed by atoms with van der Waals surface area (Å²) in [5, 5.41) is 0.556. The molecule has 0 N–H and O–H groups in total. The molecule has 1 fully saturated rings. The van der Waals surface area contributed by atoms with Crippen LogP contribution in [0, 0.1) is 11.8 Å². The zero-order valence-electron chi connectivity index (χ0n) is 8.48. The summed E-state index contributed by atoms with van der Waals surface area (Å²) in [6.45, 7) is 7.15. The van der Waals surface area contributed by atoms with Crippen LogP contribution in [-0.4, -0.2) is 7.85 Å². The van der Waals surface area contributed by atoms with E-state index in [1.165, 1.54) is 25.7 Å². The summed E-state index contributed by atoms with van der Waals surface area (Å²) in [4.78, 5) is 0. The molecule has 0 aromatic rings. The van der Waals surface area contributed by atoms with E-state index in [-0.39, 0.29) is 0 Å². The van der Waals surface area contributed by atoms with Gasteiger partial charge in [0.25, 0.3) is 0 Å². The fourth-order valence-electron chi connectivity index (χ4n) is 2.13. The molecular formula is C10H21B. The summed E-state index contributed by atoms with van der Waals surface area (Å²) < 4.78 is 0. The highest BCUT2D eigenvalue weighted by Crippen LogP contribution is 2.42. The first-order chi connectivity index (χ1) is 5.00. The molecule has 0 bridgehead atoms. The fourth-order valence-corrected chi connectivity index (χ4v) is 2.13. The van der Waals surface area contributed by atoms with Crippen molar-refractivity contribution in [2.75, 3.05) is 0 Å². The average Bonchev–Trinajstić information content (AvgIpc) is 1.86. The predicted octanol–water partition coefficient (Wildman–Crippen LogP) is 2.64. The van der Waals surface area contributed by atoms with Crippen LogP contribution in [-0.2, 0) is 0 Å². The summed E-state index contributed by atoms with van der Waals surface area (Å²) >= 11 is 0. The highest BCUT2D eigenvalue weighted by atomic mass is 14.3. The van der Waals surface area contributed by atoms with Gasteiger partial charge in [0.1, 0.15) is 7.85 Å². The van der Waals surface area contributed by atoms with E-state index in [2.05, 4.69) is 28.6 Å². The van der Waals surface area contributed by atoms with Crippen molar-refractivity contribution in [1.82, 2.24) is 0 Å². The molecule has 11 heavy (non-hydrogen) atoms. The lowest BCUT2D eigenvalue weighted by molar-refractivity contribution is 0.244. The van der Waals surface area contributed by atoms with Crippen molar-refractivity contribution in [3.8, 4) is 0 Å². The Morgan fingerprint density at radius 2 is 1.55 bits per heavy atom. The van der Waals surface area contributed by atoms with Gasteiger partial charge in [-0.2, -0.15) is 0 Å². The van der Waals surface area contributed by atoms with E-state index in [1.54, 1.807) is 0 Å². The standard InChI is InChI=1S/C10H21B/c1-8-4-6-9(7-5-8)10(2,3)11/h8-9H,4-7,11H2,1-3H3. The van der Waals surface area contributed by atoms with Crippen molar-refractivity contribution in [3.05, 3.63) is 0 Å². The van der Waals surface area contributed by atoms with Gasteiger partial charge in [0, 0.05) is 0 Å². The largest absolute Gasteiger partial charge is 0.109 e. The summed E-state index contributed by atoms with van der Waals surface area (Å²) in [6, 6.07) is 0. The van der Waals surface area contributed by atoms with Crippen LogP contribution >= 0.6 is 0 Å². The van der Waals surface area contributed by atoms with Gasteiger partial charge in [-0.3, -0.25) is 0 Å². The Balaban J connectivity index is 2.39. The van der Waals surface area contributed by atoms with Gasteiger partial charge < -0.3 is 0 Å². The van der Waals surface area contributed by atoms with Crippen molar-refractivity contribution in [2.45, 2.75) is 51.8 Å². The minimum Gasteiger partial charge on any atom is -0.0669 e. The van der Waals surface area contributed by atoms with Crippen molar-refractivity contribution in [1.29, 1.82) is 0 Å². The maximum absolute atomic E-state index is 2.39. The lowest BCUT2D eigenvalue weighted by Crippen LogP contribution is -2.22. The lowest BCUT2D eigenvalue weighted by atomic mass is 9.59. The summed E-state index contributed by atoms with van der Waals surface area (Å²) in [5.74, 6) is 1.98. The van der Waals surface area contributed by atoms with Crippen LogP contribution in [0.4, 0.5) is 0 Å². The van der Waals surface area contributed by atoms with Crippen LogP contribution in [0.5, 0.6) is 0 Å². The van der Waals surface area contributed by atoms with E-state index in [0.29, 0.717) is 5.31 Å². The van der Waals surface area contributed by atoms with Gasteiger partial charge in [-0.05, 0) is 11.8 Å². The van der Waals surface area contributed by atoms with E-state index < -0.39 is 0 Å².